The minimum Gasteiger partial charge on any atom is -0.403 e. The third-order valence-corrected chi connectivity index (χ3v) is 4.71. The maximum atomic E-state index is 5.70. The van der Waals surface area contributed by atoms with Gasteiger partial charge in [-0.15, -0.1) is 5.10 Å². The van der Waals surface area contributed by atoms with E-state index in [4.69, 9.17) is 9.52 Å². The van der Waals surface area contributed by atoms with Gasteiger partial charge in [0.15, 0.2) is 0 Å². The van der Waals surface area contributed by atoms with Gasteiger partial charge in [0.1, 0.15) is 0 Å². The topological polar surface area (TPSA) is 81.7 Å². The molecule has 4 rings (SSSR count). The predicted molar refractivity (Wildman–Crippen MR) is 93.9 cm³/mol. The second-order valence-corrected chi connectivity index (χ2v) is 6.55. The van der Waals surface area contributed by atoms with Crippen LogP contribution in [0, 0.1) is 0 Å². The largest absolute Gasteiger partial charge is 0.403 e. The Morgan fingerprint density at radius 3 is 2.76 bits per heavy atom. The molecule has 0 amide bonds. The van der Waals surface area contributed by atoms with Crippen LogP contribution in [0.15, 0.2) is 35.1 Å². The fourth-order valence-corrected chi connectivity index (χ4v) is 3.49. The van der Waals surface area contributed by atoms with Gasteiger partial charge in [0.05, 0.1) is 5.69 Å². The Balaban J connectivity index is 1.46. The first-order chi connectivity index (χ1) is 12.3. The molecular weight excluding hydrogens is 316 g/mol. The molecule has 0 radical (unpaired) electrons. The molecule has 3 heterocycles. The first-order valence-electron chi connectivity index (χ1n) is 8.80. The van der Waals surface area contributed by atoms with Gasteiger partial charge in [-0.1, -0.05) is 24.4 Å². The molecule has 0 saturated heterocycles. The molecule has 3 aromatic heterocycles. The van der Waals surface area contributed by atoms with Crippen LogP contribution in [0.1, 0.15) is 49.3 Å². The van der Waals surface area contributed by atoms with Crippen molar-refractivity contribution in [3.63, 3.8) is 0 Å². The summed E-state index contributed by atoms with van der Waals surface area (Å²) in [5.41, 5.74) is 3.28. The van der Waals surface area contributed by atoms with Crippen LogP contribution in [-0.4, -0.2) is 25.0 Å². The zero-order valence-electron chi connectivity index (χ0n) is 14.4. The van der Waals surface area contributed by atoms with Crippen LogP contribution >= 0.6 is 0 Å². The third kappa shape index (κ3) is 3.55. The number of aromatic nitrogens is 5. The zero-order chi connectivity index (χ0) is 17.1. The summed E-state index contributed by atoms with van der Waals surface area (Å²) in [6.07, 6.45) is 11.9. The number of nitrogens with one attached hydrogen (secondary N) is 1. The van der Waals surface area contributed by atoms with Crippen LogP contribution in [-0.2, 0) is 13.6 Å². The molecule has 0 aliphatic heterocycles. The minimum atomic E-state index is 0.422. The van der Waals surface area contributed by atoms with Gasteiger partial charge >= 0.3 is 6.01 Å². The molecule has 0 unspecified atom stereocenters. The lowest BCUT2D eigenvalue weighted by molar-refractivity contribution is 0.432. The number of hydrogen-bond donors (Lipinski definition) is 1. The average molecular weight is 338 g/mol. The second-order valence-electron chi connectivity index (χ2n) is 6.55. The van der Waals surface area contributed by atoms with Gasteiger partial charge in [0.2, 0.25) is 5.89 Å². The van der Waals surface area contributed by atoms with Gasteiger partial charge in [0, 0.05) is 49.2 Å². The molecule has 0 aromatic carbocycles. The lowest BCUT2D eigenvalue weighted by Gasteiger charge is -2.20. The number of pyridine rings is 1. The lowest BCUT2D eigenvalue weighted by atomic mass is 9.85. The fourth-order valence-electron chi connectivity index (χ4n) is 3.49. The Kier molecular flexibility index (Phi) is 4.45. The van der Waals surface area contributed by atoms with Gasteiger partial charge in [-0.05, 0) is 25.0 Å². The molecule has 1 N–H and O–H groups in total. The van der Waals surface area contributed by atoms with Crippen LogP contribution in [0.5, 0.6) is 0 Å². The molecule has 1 aliphatic rings. The Bertz CT molecular complexity index is 819. The van der Waals surface area contributed by atoms with Crippen molar-refractivity contribution in [1.82, 2.24) is 25.0 Å². The Morgan fingerprint density at radius 2 is 1.96 bits per heavy atom. The van der Waals surface area contributed by atoms with E-state index in [0.29, 0.717) is 24.4 Å². The molecule has 0 atom stereocenters. The first-order valence-corrected chi connectivity index (χ1v) is 8.80. The molecule has 1 fully saturated rings. The summed E-state index contributed by atoms with van der Waals surface area (Å²) >= 11 is 0. The van der Waals surface area contributed by atoms with E-state index in [1.165, 1.54) is 43.4 Å². The maximum Gasteiger partial charge on any atom is 0.316 e. The highest BCUT2D eigenvalue weighted by atomic mass is 16.4. The summed E-state index contributed by atoms with van der Waals surface area (Å²) in [7, 11) is 1.98. The number of anilines is 1. The first kappa shape index (κ1) is 15.8. The lowest BCUT2D eigenvalue weighted by Crippen LogP contribution is -2.09. The second kappa shape index (κ2) is 7.04. The highest BCUT2D eigenvalue weighted by Gasteiger charge is 2.21. The quantitative estimate of drug-likeness (QED) is 0.766. The molecule has 3 aromatic rings. The van der Waals surface area contributed by atoms with Gasteiger partial charge < -0.3 is 9.73 Å². The van der Waals surface area contributed by atoms with Gasteiger partial charge in [-0.2, -0.15) is 5.10 Å². The SMILES string of the molecule is Cn1cc(CNc2nnc(-c3ccncc3)o2)c(C2CCCCC2)n1. The molecule has 1 aliphatic carbocycles. The Morgan fingerprint density at radius 1 is 1.16 bits per heavy atom. The van der Waals surface area contributed by atoms with Crippen molar-refractivity contribution in [2.75, 3.05) is 5.32 Å². The highest BCUT2D eigenvalue weighted by Crippen LogP contribution is 2.33. The molecule has 7 nitrogen and oxygen atoms in total. The number of rotatable bonds is 5. The van der Waals surface area contributed by atoms with Crippen molar-refractivity contribution in [2.45, 2.75) is 44.6 Å². The van der Waals surface area contributed by atoms with E-state index in [2.05, 4.69) is 26.7 Å². The molecule has 0 bridgehead atoms. The highest BCUT2D eigenvalue weighted by molar-refractivity contribution is 5.51. The van der Waals surface area contributed by atoms with E-state index < -0.39 is 0 Å². The molecule has 25 heavy (non-hydrogen) atoms. The average Bonchev–Trinajstić information content (AvgIpc) is 3.28. The zero-order valence-corrected chi connectivity index (χ0v) is 14.4. The van der Waals surface area contributed by atoms with Crippen LogP contribution in [0.25, 0.3) is 11.5 Å². The van der Waals surface area contributed by atoms with Crippen molar-refractivity contribution < 1.29 is 4.42 Å². The number of hydrogen-bond acceptors (Lipinski definition) is 6. The summed E-state index contributed by atoms with van der Waals surface area (Å²) in [6.45, 7) is 0.637. The predicted octanol–water partition coefficient (Wildman–Crippen LogP) is 3.52. The Hall–Kier alpha value is -2.70. The van der Waals surface area contributed by atoms with Crippen molar-refractivity contribution in [1.29, 1.82) is 0 Å². The van der Waals surface area contributed by atoms with E-state index in [0.717, 1.165) is 5.56 Å². The molecule has 1 saturated carbocycles. The molecule has 130 valence electrons. The summed E-state index contributed by atoms with van der Waals surface area (Å²) in [4.78, 5) is 4.00. The smallest absolute Gasteiger partial charge is 0.316 e. The minimum absolute atomic E-state index is 0.422. The van der Waals surface area contributed by atoms with E-state index >= 15 is 0 Å². The monoisotopic (exact) mass is 338 g/mol. The van der Waals surface area contributed by atoms with Crippen molar-refractivity contribution in [3.05, 3.63) is 42.0 Å². The fraction of sp³-hybridized carbons (Fsp3) is 0.444. The number of nitrogens with zero attached hydrogens (tertiary/aromatic N) is 5. The molecule has 7 heteroatoms. The van der Waals surface area contributed by atoms with E-state index in [1.807, 2.05) is 23.9 Å². The van der Waals surface area contributed by atoms with Gasteiger partial charge in [0.25, 0.3) is 0 Å². The van der Waals surface area contributed by atoms with Crippen molar-refractivity contribution in [3.8, 4) is 11.5 Å². The van der Waals surface area contributed by atoms with E-state index in [-0.39, 0.29) is 0 Å². The molecule has 0 spiro atoms. The van der Waals surface area contributed by atoms with Crippen LogP contribution in [0.3, 0.4) is 0 Å². The summed E-state index contributed by atoms with van der Waals surface area (Å²) in [5, 5.41) is 16.1. The summed E-state index contributed by atoms with van der Waals surface area (Å²) in [6, 6.07) is 4.12. The summed E-state index contributed by atoms with van der Waals surface area (Å²) < 4.78 is 7.60. The third-order valence-electron chi connectivity index (χ3n) is 4.71. The van der Waals surface area contributed by atoms with Gasteiger partial charge in [-0.25, -0.2) is 0 Å². The van der Waals surface area contributed by atoms with Crippen LogP contribution in [0.2, 0.25) is 0 Å². The van der Waals surface area contributed by atoms with E-state index in [1.54, 1.807) is 12.4 Å². The maximum absolute atomic E-state index is 5.70. The van der Waals surface area contributed by atoms with Gasteiger partial charge in [-0.3, -0.25) is 9.67 Å². The number of aryl methyl sites for hydroxylation is 1. The van der Waals surface area contributed by atoms with E-state index in [9.17, 15) is 0 Å². The van der Waals surface area contributed by atoms with Crippen LogP contribution < -0.4 is 5.32 Å². The Labute approximate surface area is 146 Å². The van der Waals surface area contributed by atoms with Crippen molar-refractivity contribution in [2.24, 2.45) is 7.05 Å². The standard InChI is InChI=1S/C18H22N6O/c1-24-12-15(16(23-24)13-5-3-2-4-6-13)11-20-18-22-21-17(25-18)14-7-9-19-10-8-14/h7-10,12-13H,2-6,11H2,1H3,(H,20,22). The van der Waals surface area contributed by atoms with Crippen LogP contribution in [0.4, 0.5) is 6.01 Å². The summed E-state index contributed by atoms with van der Waals surface area (Å²) in [5.74, 6) is 1.06. The van der Waals surface area contributed by atoms with Crippen molar-refractivity contribution >= 4 is 6.01 Å². The molecular formula is C18H22N6O. The normalized spacial score (nSPS) is 15.4.